The van der Waals surface area contributed by atoms with E-state index in [1.165, 1.54) is 6.07 Å². The maximum absolute atomic E-state index is 12.3. The molecule has 0 aliphatic rings. The zero-order valence-corrected chi connectivity index (χ0v) is 19.0. The van der Waals surface area contributed by atoms with Gasteiger partial charge in [0.2, 0.25) is 0 Å². The second-order valence-corrected chi connectivity index (χ2v) is 8.88. The van der Waals surface area contributed by atoms with Crippen molar-refractivity contribution in [3.05, 3.63) is 81.3 Å². The number of carbonyl (C=O) groups is 1. The molecular weight excluding hydrogens is 481 g/mol. The van der Waals surface area contributed by atoms with Crippen LogP contribution >= 0.6 is 58.4 Å². The molecule has 150 valence electrons. The van der Waals surface area contributed by atoms with Gasteiger partial charge in [0.05, 0.1) is 25.3 Å². The lowest BCUT2D eigenvalue weighted by atomic mass is 10.2. The zero-order valence-electron chi connectivity index (χ0n) is 15.1. The molecule has 1 heterocycles. The van der Waals surface area contributed by atoms with E-state index < -0.39 is 5.91 Å². The van der Waals surface area contributed by atoms with Crippen LogP contribution in [0.3, 0.4) is 0 Å². The molecule has 0 fully saturated rings. The van der Waals surface area contributed by atoms with Crippen LogP contribution in [0.15, 0.2) is 60.7 Å². The smallest absolute Gasteiger partial charge is 0.257 e. The second-order valence-electron chi connectivity index (χ2n) is 6.22. The van der Waals surface area contributed by atoms with Crippen molar-refractivity contribution < 1.29 is 4.79 Å². The minimum atomic E-state index is -0.400. The van der Waals surface area contributed by atoms with Gasteiger partial charge in [-0.25, -0.2) is 4.98 Å². The summed E-state index contributed by atoms with van der Waals surface area (Å²) in [4.78, 5) is 17.0. The third-order valence-corrected chi connectivity index (χ3v) is 6.49. The topological polar surface area (TPSA) is 54.0 Å². The Morgan fingerprint density at radius 3 is 2.47 bits per heavy atom. The number of nitrogens with zero attached hydrogens (tertiary/aromatic N) is 1. The number of anilines is 1. The Balaban J connectivity index is 1.47. The van der Waals surface area contributed by atoms with Crippen LogP contribution in [0.4, 0.5) is 5.69 Å². The summed E-state index contributed by atoms with van der Waals surface area (Å²) in [5, 5.41) is 7.72. The van der Waals surface area contributed by atoms with Crippen molar-refractivity contribution in [2.24, 2.45) is 0 Å². The quantitative estimate of drug-likeness (QED) is 0.301. The van der Waals surface area contributed by atoms with Crippen LogP contribution in [0.5, 0.6) is 0 Å². The van der Waals surface area contributed by atoms with Gasteiger partial charge in [0.15, 0.2) is 5.11 Å². The highest BCUT2D eigenvalue weighted by Crippen LogP contribution is 2.35. The number of hydrogen-bond donors (Lipinski definition) is 2. The number of aromatic nitrogens is 1. The first-order valence-electron chi connectivity index (χ1n) is 8.63. The van der Waals surface area contributed by atoms with Crippen LogP contribution in [0.1, 0.15) is 10.4 Å². The summed E-state index contributed by atoms with van der Waals surface area (Å²) in [6, 6.07) is 17.9. The predicted molar refractivity (Wildman–Crippen MR) is 130 cm³/mol. The number of carbonyl (C=O) groups excluding carboxylic acids is 1. The van der Waals surface area contributed by atoms with Crippen molar-refractivity contribution in [1.82, 2.24) is 10.3 Å². The van der Waals surface area contributed by atoms with Crippen molar-refractivity contribution in [3.8, 4) is 10.6 Å². The molecule has 0 aliphatic carbocycles. The van der Waals surface area contributed by atoms with Crippen molar-refractivity contribution in [2.45, 2.75) is 0 Å². The Kier molecular flexibility index (Phi) is 6.22. The largest absolute Gasteiger partial charge is 0.332 e. The van der Waals surface area contributed by atoms with E-state index >= 15 is 0 Å². The fourth-order valence-corrected chi connectivity index (χ4v) is 4.57. The van der Waals surface area contributed by atoms with E-state index in [9.17, 15) is 4.79 Å². The molecule has 0 atom stereocenters. The van der Waals surface area contributed by atoms with E-state index in [-0.39, 0.29) is 5.11 Å². The van der Waals surface area contributed by atoms with Crippen molar-refractivity contribution in [3.63, 3.8) is 0 Å². The molecule has 0 unspecified atom stereocenters. The number of fused-ring (bicyclic) bond motifs is 1. The lowest BCUT2D eigenvalue weighted by Crippen LogP contribution is -2.34. The number of amides is 1. The molecule has 0 spiro atoms. The summed E-state index contributed by atoms with van der Waals surface area (Å²) in [6.07, 6.45) is 0. The Labute approximate surface area is 196 Å². The number of thiocarbonyl (C=S) groups is 1. The number of thiazole rings is 1. The lowest BCUT2D eigenvalue weighted by Gasteiger charge is -2.11. The molecule has 4 aromatic rings. The predicted octanol–water partition coefficient (Wildman–Crippen LogP) is 7.05. The van der Waals surface area contributed by atoms with E-state index in [1.807, 2.05) is 36.4 Å². The molecule has 0 aliphatic heterocycles. The van der Waals surface area contributed by atoms with Gasteiger partial charge in [-0.2, -0.15) is 0 Å². The molecular formula is C21H12Cl3N3OS2. The maximum atomic E-state index is 12.3. The number of para-hydroxylation sites is 1. The van der Waals surface area contributed by atoms with Crippen LogP contribution in [-0.2, 0) is 0 Å². The molecule has 4 rings (SSSR count). The van der Waals surface area contributed by atoms with E-state index in [0.717, 1.165) is 20.8 Å². The number of halogens is 3. The number of benzene rings is 3. The SMILES string of the molecule is O=C(NC(=S)Nc1ccc(-c2nc3ccccc3s2)c(Cl)c1)c1ccc(Cl)c(Cl)c1. The van der Waals surface area contributed by atoms with Gasteiger partial charge in [-0.15, -0.1) is 11.3 Å². The standard InChI is InChI=1S/C21H12Cl3N3OS2/c22-14-8-5-11(9-16(14)24)19(28)27-21(29)25-12-6-7-13(15(23)10-12)20-26-17-3-1-2-4-18(17)30-20/h1-10H,(H2,25,27,28,29). The van der Waals surface area contributed by atoms with Gasteiger partial charge in [0, 0.05) is 16.8 Å². The Bertz CT molecular complexity index is 1260. The van der Waals surface area contributed by atoms with Crippen LogP contribution in [0, 0.1) is 0 Å². The second kappa shape index (κ2) is 8.88. The monoisotopic (exact) mass is 491 g/mol. The summed E-state index contributed by atoms with van der Waals surface area (Å²) in [5.74, 6) is -0.400. The summed E-state index contributed by atoms with van der Waals surface area (Å²) < 4.78 is 1.09. The molecule has 0 radical (unpaired) electrons. The van der Waals surface area contributed by atoms with Crippen molar-refractivity contribution >= 4 is 85.3 Å². The van der Waals surface area contributed by atoms with Gasteiger partial charge in [0.25, 0.3) is 5.91 Å². The van der Waals surface area contributed by atoms with E-state index in [0.29, 0.717) is 26.3 Å². The summed E-state index contributed by atoms with van der Waals surface area (Å²) >= 11 is 25.1. The first-order chi connectivity index (χ1) is 14.4. The fraction of sp³-hybridized carbons (Fsp3) is 0. The molecule has 4 nitrogen and oxygen atoms in total. The van der Waals surface area contributed by atoms with Crippen LogP contribution in [0.25, 0.3) is 20.8 Å². The minimum Gasteiger partial charge on any atom is -0.332 e. The van der Waals surface area contributed by atoms with Crippen LogP contribution < -0.4 is 10.6 Å². The summed E-state index contributed by atoms with van der Waals surface area (Å²) in [5.41, 5.74) is 2.75. The van der Waals surface area contributed by atoms with Gasteiger partial charge in [-0.3, -0.25) is 10.1 Å². The summed E-state index contributed by atoms with van der Waals surface area (Å²) in [7, 11) is 0. The van der Waals surface area contributed by atoms with Gasteiger partial charge in [-0.1, -0.05) is 46.9 Å². The molecule has 1 aromatic heterocycles. The Morgan fingerprint density at radius 1 is 0.933 bits per heavy atom. The van der Waals surface area contributed by atoms with Crippen LogP contribution in [0.2, 0.25) is 15.1 Å². The third-order valence-electron chi connectivity index (χ3n) is 4.16. The normalized spacial score (nSPS) is 10.8. The highest BCUT2D eigenvalue weighted by atomic mass is 35.5. The minimum absolute atomic E-state index is 0.134. The highest BCUT2D eigenvalue weighted by Gasteiger charge is 2.13. The zero-order chi connectivity index (χ0) is 21.3. The Hall–Kier alpha value is -2.22. The molecule has 30 heavy (non-hydrogen) atoms. The lowest BCUT2D eigenvalue weighted by molar-refractivity contribution is 0.0977. The number of nitrogens with one attached hydrogen (secondary N) is 2. The average Bonchev–Trinajstić information content (AvgIpc) is 3.13. The molecule has 0 saturated heterocycles. The van der Waals surface area contributed by atoms with Crippen molar-refractivity contribution in [1.29, 1.82) is 0 Å². The van der Waals surface area contributed by atoms with Gasteiger partial charge >= 0.3 is 0 Å². The highest BCUT2D eigenvalue weighted by molar-refractivity contribution is 7.80. The van der Waals surface area contributed by atoms with Crippen LogP contribution in [-0.4, -0.2) is 16.0 Å². The Morgan fingerprint density at radius 2 is 1.73 bits per heavy atom. The van der Waals surface area contributed by atoms with E-state index in [2.05, 4.69) is 15.6 Å². The first-order valence-corrected chi connectivity index (χ1v) is 11.0. The van der Waals surface area contributed by atoms with Gasteiger partial charge < -0.3 is 5.32 Å². The van der Waals surface area contributed by atoms with E-state index in [4.69, 9.17) is 47.0 Å². The van der Waals surface area contributed by atoms with Gasteiger partial charge in [0.1, 0.15) is 5.01 Å². The van der Waals surface area contributed by atoms with Crippen molar-refractivity contribution in [2.75, 3.05) is 5.32 Å². The maximum Gasteiger partial charge on any atom is 0.257 e. The third kappa shape index (κ3) is 4.58. The summed E-state index contributed by atoms with van der Waals surface area (Å²) in [6.45, 7) is 0. The molecule has 0 saturated carbocycles. The molecule has 9 heteroatoms. The first kappa shape index (κ1) is 21.0. The molecule has 2 N–H and O–H groups in total. The van der Waals surface area contributed by atoms with E-state index in [1.54, 1.807) is 29.5 Å². The molecule has 1 amide bonds. The molecule has 3 aromatic carbocycles. The molecule has 0 bridgehead atoms. The fourth-order valence-electron chi connectivity index (χ4n) is 2.73. The van der Waals surface area contributed by atoms with Gasteiger partial charge in [-0.05, 0) is 60.7 Å². The number of hydrogen-bond acceptors (Lipinski definition) is 4. The average molecular weight is 493 g/mol. The number of rotatable bonds is 3.